The van der Waals surface area contributed by atoms with Crippen LogP contribution in [-0.4, -0.2) is 184 Å². The van der Waals surface area contributed by atoms with Crippen molar-refractivity contribution in [3.63, 3.8) is 0 Å². The van der Waals surface area contributed by atoms with Crippen LogP contribution < -0.4 is 59.6 Å². The molecular formula is C72H97N13O15. The first-order valence-electron chi connectivity index (χ1n) is 35.3. The van der Waals surface area contributed by atoms with Gasteiger partial charge in [-0.1, -0.05) is 53.7 Å². The van der Waals surface area contributed by atoms with Crippen molar-refractivity contribution in [2.45, 2.75) is 198 Å². The number of primary amides is 1. The Balaban J connectivity index is 0.687. The standard InChI is InChI=1S/C72H97N13O15/c1-69(2)46(31-54(69)80-62(92)42-14-13-15-45-60(42)68(98)100-72(45)43-21-19-40(86)29-52(43)99-53-30-41(87)20-22-44(53)72)64(94)78-38-27-50(84(35-38)58(89)17-8-11-24-74)67(97)82-56-33-48(71(56,5)6)65(95)79-39-28-51(85(36-39)59(90)18-9-12-25-75)66(96)81-55-32-47(70(55,3)4)63(93)77-37-26-49(61(76)91)83(34-37)57(88)16-7-10-23-73/h13-15,19-22,29-30,37-39,46-51,54-56,86-87H,7-12,16-18,23-28,31-36,73-75H2,1-6H3,(H2,76,91)(H,77,93)(H,78,94)(H,79,95)(H,80,92)(H,81,96)(H,82,97)/t37-,38-,39-,46+,47+,48+,49-,50-,51-,54+,55?,56+/m0/s1. The highest BCUT2D eigenvalue weighted by molar-refractivity contribution is 6.09. The number of amides is 10. The third-order valence-electron chi connectivity index (χ3n) is 23.1. The number of fused-ring (bicyclic) bond motifs is 6. The fourth-order valence-electron chi connectivity index (χ4n) is 16.6. The summed E-state index contributed by atoms with van der Waals surface area (Å²) in [6.45, 7) is 12.7. The van der Waals surface area contributed by atoms with E-state index in [4.69, 9.17) is 32.4 Å². The lowest BCUT2D eigenvalue weighted by molar-refractivity contribution is -0.145. The van der Waals surface area contributed by atoms with Crippen LogP contribution in [0.25, 0.3) is 0 Å². The molecule has 3 aromatic rings. The van der Waals surface area contributed by atoms with Gasteiger partial charge in [0, 0.05) is 122 Å². The van der Waals surface area contributed by atoms with E-state index in [2.05, 4.69) is 31.9 Å². The molecule has 3 saturated heterocycles. The molecular weight excluding hydrogens is 1290 g/mol. The van der Waals surface area contributed by atoms with E-state index < -0.39 is 124 Å². The predicted molar refractivity (Wildman–Crippen MR) is 363 cm³/mol. The highest BCUT2D eigenvalue weighted by Crippen LogP contribution is 2.58. The summed E-state index contributed by atoms with van der Waals surface area (Å²) in [7, 11) is 0. The second kappa shape index (κ2) is 28.6. The number of nitrogens with one attached hydrogen (secondary N) is 6. The summed E-state index contributed by atoms with van der Waals surface area (Å²) >= 11 is 0. The van der Waals surface area contributed by atoms with Gasteiger partial charge in [-0.3, -0.25) is 47.9 Å². The lowest BCUT2D eigenvalue weighted by atomic mass is 9.58. The Labute approximate surface area is 581 Å². The van der Waals surface area contributed by atoms with Gasteiger partial charge in [0.25, 0.3) is 5.91 Å². The number of carbonyl (C=O) groups is 11. The molecule has 540 valence electrons. The monoisotopic (exact) mass is 1380 g/mol. The van der Waals surface area contributed by atoms with Crippen LogP contribution in [0.1, 0.15) is 175 Å². The molecule has 0 aromatic heterocycles. The second-order valence-corrected chi connectivity index (χ2v) is 30.4. The first-order valence-corrected chi connectivity index (χ1v) is 35.3. The van der Waals surface area contributed by atoms with Crippen LogP contribution in [0.5, 0.6) is 23.0 Å². The number of ether oxygens (including phenoxy) is 2. The zero-order chi connectivity index (χ0) is 72.1. The summed E-state index contributed by atoms with van der Waals surface area (Å²) in [5.41, 5.74) is 20.1. The van der Waals surface area contributed by atoms with Gasteiger partial charge in [-0.05, 0) is 143 Å². The van der Waals surface area contributed by atoms with Gasteiger partial charge in [0.1, 0.15) is 41.1 Å². The van der Waals surface area contributed by atoms with Gasteiger partial charge in [0.2, 0.25) is 53.2 Å². The largest absolute Gasteiger partial charge is 0.508 e. The van der Waals surface area contributed by atoms with Crippen molar-refractivity contribution in [2.24, 2.45) is 56.9 Å². The lowest BCUT2D eigenvalue weighted by Crippen LogP contribution is -2.64. The molecule has 1 spiro atoms. The van der Waals surface area contributed by atoms with E-state index >= 15 is 0 Å². The number of aromatic hydroxyl groups is 2. The number of hydrogen-bond acceptors (Lipinski definition) is 18. The maximum Gasteiger partial charge on any atom is 0.340 e. The molecule has 6 fully saturated rings. The number of carbonyl (C=O) groups excluding carboxylic acids is 11. The van der Waals surface area contributed by atoms with Gasteiger partial charge in [-0.25, -0.2) is 4.79 Å². The topological polar surface area (TPSA) is 433 Å². The Morgan fingerprint density at radius 3 is 1.24 bits per heavy atom. The normalized spacial score (nSPS) is 27.3. The minimum Gasteiger partial charge on any atom is -0.508 e. The molecule has 1 unspecified atom stereocenters. The molecule has 3 aliphatic carbocycles. The van der Waals surface area contributed by atoms with E-state index in [-0.39, 0.29) is 141 Å². The molecule has 16 N–H and O–H groups in total. The zero-order valence-corrected chi connectivity index (χ0v) is 57.8. The maximum absolute atomic E-state index is 14.5. The first kappa shape index (κ1) is 72.4. The highest BCUT2D eigenvalue weighted by Gasteiger charge is 2.59. The molecule has 5 heterocycles. The van der Waals surface area contributed by atoms with E-state index in [0.717, 1.165) is 0 Å². The molecule has 0 bridgehead atoms. The smallest absolute Gasteiger partial charge is 0.340 e. The van der Waals surface area contributed by atoms with Crippen molar-refractivity contribution in [1.29, 1.82) is 0 Å². The summed E-state index contributed by atoms with van der Waals surface area (Å²) in [5.74, 6) is -6.05. The number of benzene rings is 3. The van der Waals surface area contributed by atoms with Crippen molar-refractivity contribution >= 4 is 65.0 Å². The predicted octanol–water partition coefficient (Wildman–Crippen LogP) is 2.00. The lowest BCUT2D eigenvalue weighted by Gasteiger charge is -2.51. The fraction of sp³-hybridized carbons (Fsp3) is 0.597. The number of rotatable bonds is 25. The highest BCUT2D eigenvalue weighted by atomic mass is 16.6. The van der Waals surface area contributed by atoms with Crippen LogP contribution in [0.15, 0.2) is 54.6 Å². The minimum atomic E-state index is -1.59. The molecule has 5 aliphatic heterocycles. The van der Waals surface area contributed by atoms with Gasteiger partial charge in [0.15, 0.2) is 5.60 Å². The van der Waals surface area contributed by atoms with Crippen LogP contribution in [-0.2, 0) is 53.5 Å². The van der Waals surface area contributed by atoms with Crippen molar-refractivity contribution in [2.75, 3.05) is 39.3 Å². The number of nitrogens with zero attached hydrogens (tertiary/aromatic N) is 3. The van der Waals surface area contributed by atoms with Crippen LogP contribution in [0.2, 0.25) is 0 Å². The number of phenols is 2. The van der Waals surface area contributed by atoms with Crippen LogP contribution >= 0.6 is 0 Å². The molecule has 28 heteroatoms. The van der Waals surface area contributed by atoms with Crippen molar-refractivity contribution in [3.05, 3.63) is 82.4 Å². The minimum absolute atomic E-state index is 0.0231. The van der Waals surface area contributed by atoms with Crippen molar-refractivity contribution < 1.29 is 72.4 Å². The van der Waals surface area contributed by atoms with Gasteiger partial charge in [0.05, 0.1) is 11.1 Å². The number of hydrogen-bond donors (Lipinski definition) is 12. The molecule has 28 nitrogen and oxygen atoms in total. The molecule has 0 radical (unpaired) electrons. The SMILES string of the molecule is CC1(C)C(NC(=O)[C@@H]2C[C@H](NC(=O)[C@H]3C[C@@H](NC(=O)[C@@H]4C[C@H](NC(=O)[C@H]5C[C@@H](NC(=O)c6cccc7c6C(=O)OC76c7ccc(O)cc7Oc7cc(O)ccc76)C5(C)C)CN4C(=O)CCCCN)C3(C)C)CN2C(=O)CCCCN)C[C@@H]1C(=O)N[C@H]1C[C@@H](C(N)=O)N(C(=O)CCCCN)C1. The number of unbranched alkanes of at least 4 members (excludes halogenated alkanes) is 3. The van der Waals surface area contributed by atoms with E-state index in [1.54, 1.807) is 24.3 Å². The molecule has 8 aliphatic rings. The van der Waals surface area contributed by atoms with Crippen molar-refractivity contribution in [3.8, 4) is 23.0 Å². The number of likely N-dealkylation sites (tertiary alicyclic amines) is 3. The zero-order valence-electron chi connectivity index (χ0n) is 57.8. The van der Waals surface area contributed by atoms with Gasteiger partial charge in [-0.15, -0.1) is 0 Å². The number of esters is 1. The third-order valence-corrected chi connectivity index (χ3v) is 23.1. The molecule has 3 saturated carbocycles. The average molecular weight is 1380 g/mol. The van der Waals surface area contributed by atoms with E-state index in [0.29, 0.717) is 81.3 Å². The van der Waals surface area contributed by atoms with Crippen LogP contribution in [0.4, 0.5) is 0 Å². The molecule has 12 atom stereocenters. The Hall–Kier alpha value is -8.89. The summed E-state index contributed by atoms with van der Waals surface area (Å²) in [6, 6.07) is 7.72. The number of nitrogens with two attached hydrogens (primary N) is 4. The van der Waals surface area contributed by atoms with Gasteiger partial charge >= 0.3 is 5.97 Å². The maximum atomic E-state index is 14.5. The summed E-state index contributed by atoms with van der Waals surface area (Å²) in [6.07, 6.45) is 5.10. The molecule has 100 heavy (non-hydrogen) atoms. The Morgan fingerprint density at radius 1 is 0.480 bits per heavy atom. The van der Waals surface area contributed by atoms with E-state index in [9.17, 15) is 63.0 Å². The van der Waals surface area contributed by atoms with Gasteiger partial charge in [-0.2, -0.15) is 0 Å². The van der Waals surface area contributed by atoms with E-state index in [1.807, 2.05) is 41.5 Å². The summed E-state index contributed by atoms with van der Waals surface area (Å²) in [4.78, 5) is 158. The fourth-order valence-corrected chi connectivity index (χ4v) is 16.6. The number of phenolic OH excluding ortho intramolecular Hbond substituents is 2. The van der Waals surface area contributed by atoms with Crippen molar-refractivity contribution in [1.82, 2.24) is 46.6 Å². The average Bonchev–Trinajstić information content (AvgIpc) is 1.49. The van der Waals surface area contributed by atoms with Crippen LogP contribution in [0, 0.1) is 34.0 Å². The summed E-state index contributed by atoms with van der Waals surface area (Å²) < 4.78 is 12.3. The van der Waals surface area contributed by atoms with Gasteiger partial charge < -0.3 is 89.2 Å². The summed E-state index contributed by atoms with van der Waals surface area (Å²) in [5, 5.41) is 39.4. The Bertz CT molecular complexity index is 3710. The molecule has 11 rings (SSSR count). The quantitative estimate of drug-likeness (QED) is 0.0426. The third kappa shape index (κ3) is 13.7. The molecule has 10 amide bonds. The molecule has 3 aromatic carbocycles. The Kier molecular flexibility index (Phi) is 20.7. The van der Waals surface area contributed by atoms with Crippen LogP contribution in [0.3, 0.4) is 0 Å². The van der Waals surface area contributed by atoms with E-state index in [1.165, 1.54) is 45.0 Å². The Morgan fingerprint density at radius 2 is 0.860 bits per heavy atom. The first-order chi connectivity index (χ1) is 47.4. The second-order valence-electron chi connectivity index (χ2n) is 30.4.